The zero-order chi connectivity index (χ0) is 22.2. The van der Waals surface area contributed by atoms with Crippen LogP contribution < -0.4 is 20.3 Å². The van der Waals surface area contributed by atoms with Crippen LogP contribution in [0.25, 0.3) is 10.9 Å². The Kier molecular flexibility index (Phi) is 7.80. The van der Waals surface area contributed by atoms with Gasteiger partial charge < -0.3 is 29.4 Å². The van der Waals surface area contributed by atoms with Crippen molar-refractivity contribution in [3.63, 3.8) is 0 Å². The number of nitrogens with one attached hydrogen (secondary N) is 2. The van der Waals surface area contributed by atoms with E-state index in [-0.39, 0.29) is 5.56 Å². The molecule has 31 heavy (non-hydrogen) atoms. The van der Waals surface area contributed by atoms with Crippen molar-refractivity contribution >= 4 is 28.2 Å². The lowest BCUT2D eigenvalue weighted by Gasteiger charge is -2.26. The lowest BCUT2D eigenvalue weighted by molar-refractivity contribution is 0.202. The SMILES string of the molecule is COCCNC(=S)N(Cc1cccnc1)Cc1cc2cc(OC)c(OC)cc2[nH]c1=O. The summed E-state index contributed by atoms with van der Waals surface area (Å²) in [5, 5.41) is 4.55. The number of benzene rings is 1. The Morgan fingerprint density at radius 1 is 1.16 bits per heavy atom. The second kappa shape index (κ2) is 10.7. The molecule has 0 bridgehead atoms. The molecule has 0 unspecified atom stereocenters. The van der Waals surface area contributed by atoms with Crippen LogP contribution in [0, 0.1) is 0 Å². The van der Waals surface area contributed by atoms with Gasteiger partial charge in [0.1, 0.15) is 0 Å². The molecular formula is C22H26N4O4S. The molecule has 0 spiro atoms. The number of hydrogen-bond donors (Lipinski definition) is 2. The molecule has 8 nitrogen and oxygen atoms in total. The van der Waals surface area contributed by atoms with E-state index in [1.54, 1.807) is 39.8 Å². The lowest BCUT2D eigenvalue weighted by Crippen LogP contribution is -2.41. The number of H-pyrrole nitrogens is 1. The number of ether oxygens (including phenoxy) is 3. The molecule has 2 aromatic heterocycles. The van der Waals surface area contributed by atoms with E-state index < -0.39 is 0 Å². The minimum absolute atomic E-state index is 0.185. The highest BCUT2D eigenvalue weighted by molar-refractivity contribution is 7.80. The topological polar surface area (TPSA) is 88.7 Å². The van der Waals surface area contributed by atoms with E-state index in [0.717, 1.165) is 10.9 Å². The van der Waals surface area contributed by atoms with E-state index in [1.807, 2.05) is 29.2 Å². The largest absolute Gasteiger partial charge is 0.493 e. The predicted molar refractivity (Wildman–Crippen MR) is 124 cm³/mol. The second-order valence-electron chi connectivity index (χ2n) is 6.86. The van der Waals surface area contributed by atoms with E-state index in [0.29, 0.717) is 53.9 Å². The maximum absolute atomic E-state index is 12.8. The first kappa shape index (κ1) is 22.5. The van der Waals surface area contributed by atoms with Crippen LogP contribution in [-0.4, -0.2) is 54.5 Å². The van der Waals surface area contributed by atoms with Crippen molar-refractivity contribution in [1.82, 2.24) is 20.2 Å². The van der Waals surface area contributed by atoms with Gasteiger partial charge in [-0.25, -0.2) is 0 Å². The van der Waals surface area contributed by atoms with E-state index in [4.69, 9.17) is 26.4 Å². The van der Waals surface area contributed by atoms with Gasteiger partial charge in [-0.1, -0.05) is 6.07 Å². The Labute approximate surface area is 186 Å². The molecule has 0 atom stereocenters. The smallest absolute Gasteiger partial charge is 0.253 e. The predicted octanol–water partition coefficient (Wildman–Crippen LogP) is 2.46. The zero-order valence-corrected chi connectivity index (χ0v) is 18.6. The average molecular weight is 443 g/mol. The molecule has 0 aliphatic carbocycles. The highest BCUT2D eigenvalue weighted by Crippen LogP contribution is 2.31. The van der Waals surface area contributed by atoms with Crippen LogP contribution in [0.1, 0.15) is 11.1 Å². The van der Waals surface area contributed by atoms with Crippen molar-refractivity contribution in [2.45, 2.75) is 13.1 Å². The van der Waals surface area contributed by atoms with Crippen LogP contribution in [0.3, 0.4) is 0 Å². The number of hydrogen-bond acceptors (Lipinski definition) is 6. The van der Waals surface area contributed by atoms with Crippen LogP contribution >= 0.6 is 12.2 Å². The molecule has 0 amide bonds. The van der Waals surface area contributed by atoms with Gasteiger partial charge in [-0.05, 0) is 36.0 Å². The van der Waals surface area contributed by atoms with Gasteiger partial charge in [0.15, 0.2) is 16.6 Å². The molecular weight excluding hydrogens is 416 g/mol. The van der Waals surface area contributed by atoms with Crippen molar-refractivity contribution in [2.75, 3.05) is 34.5 Å². The van der Waals surface area contributed by atoms with Gasteiger partial charge in [0.25, 0.3) is 5.56 Å². The van der Waals surface area contributed by atoms with E-state index in [1.165, 1.54) is 0 Å². The Morgan fingerprint density at radius 3 is 2.61 bits per heavy atom. The number of nitrogens with zero attached hydrogens (tertiary/aromatic N) is 2. The van der Waals surface area contributed by atoms with E-state index >= 15 is 0 Å². The molecule has 0 aliphatic heterocycles. The van der Waals surface area contributed by atoms with Gasteiger partial charge >= 0.3 is 0 Å². The summed E-state index contributed by atoms with van der Waals surface area (Å²) in [6.07, 6.45) is 3.51. The van der Waals surface area contributed by atoms with Crippen LogP contribution in [0.2, 0.25) is 0 Å². The molecule has 2 N–H and O–H groups in total. The van der Waals surface area contributed by atoms with Crippen LogP contribution in [0.15, 0.2) is 47.5 Å². The van der Waals surface area contributed by atoms with Gasteiger partial charge in [-0.3, -0.25) is 9.78 Å². The molecule has 164 valence electrons. The van der Waals surface area contributed by atoms with Crippen LogP contribution in [0.5, 0.6) is 11.5 Å². The molecule has 3 aromatic rings. The van der Waals surface area contributed by atoms with Crippen LogP contribution in [-0.2, 0) is 17.8 Å². The lowest BCUT2D eigenvalue weighted by atomic mass is 10.1. The van der Waals surface area contributed by atoms with Crippen LogP contribution in [0.4, 0.5) is 0 Å². The normalized spacial score (nSPS) is 10.7. The Bertz CT molecular complexity index is 1090. The van der Waals surface area contributed by atoms with Gasteiger partial charge in [0.2, 0.25) is 0 Å². The quantitative estimate of drug-likeness (QED) is 0.386. The number of rotatable bonds is 9. The molecule has 0 saturated heterocycles. The molecule has 3 rings (SSSR count). The molecule has 0 aliphatic rings. The van der Waals surface area contributed by atoms with Crippen molar-refractivity contribution in [3.05, 3.63) is 64.2 Å². The van der Waals surface area contributed by atoms with Crippen molar-refractivity contribution < 1.29 is 14.2 Å². The van der Waals surface area contributed by atoms with Crippen molar-refractivity contribution in [1.29, 1.82) is 0 Å². The standard InChI is InChI=1S/C22H26N4O4S/c1-28-8-7-24-22(31)26(13-15-5-4-6-23-12-15)14-17-9-16-10-19(29-2)20(30-3)11-18(16)25-21(17)27/h4-6,9-12H,7-8,13-14H2,1-3H3,(H,24,31)(H,25,27). The van der Waals surface area contributed by atoms with E-state index in [2.05, 4.69) is 15.3 Å². The Morgan fingerprint density at radius 2 is 1.94 bits per heavy atom. The summed E-state index contributed by atoms with van der Waals surface area (Å²) < 4.78 is 15.8. The molecule has 1 aromatic carbocycles. The summed E-state index contributed by atoms with van der Waals surface area (Å²) in [5.41, 5.74) is 2.06. The third-order valence-electron chi connectivity index (χ3n) is 4.75. The number of aromatic amines is 1. The fraction of sp³-hybridized carbons (Fsp3) is 0.318. The summed E-state index contributed by atoms with van der Waals surface area (Å²) in [7, 11) is 4.77. The van der Waals surface area contributed by atoms with Crippen molar-refractivity contribution in [2.24, 2.45) is 0 Å². The monoisotopic (exact) mass is 442 g/mol. The maximum Gasteiger partial charge on any atom is 0.253 e. The molecule has 0 saturated carbocycles. The first-order chi connectivity index (χ1) is 15.0. The number of aromatic nitrogens is 2. The Hall–Kier alpha value is -3.17. The highest BCUT2D eigenvalue weighted by Gasteiger charge is 2.15. The fourth-order valence-electron chi connectivity index (χ4n) is 3.18. The van der Waals surface area contributed by atoms with Crippen molar-refractivity contribution in [3.8, 4) is 11.5 Å². The minimum Gasteiger partial charge on any atom is -0.493 e. The summed E-state index contributed by atoms with van der Waals surface area (Å²) >= 11 is 5.59. The maximum atomic E-state index is 12.8. The first-order valence-corrected chi connectivity index (χ1v) is 10.1. The summed E-state index contributed by atoms with van der Waals surface area (Å²) in [4.78, 5) is 21.8. The number of thiocarbonyl (C=S) groups is 1. The molecule has 9 heteroatoms. The number of pyridine rings is 2. The Balaban J connectivity index is 1.92. The summed E-state index contributed by atoms with van der Waals surface area (Å²) in [6, 6.07) is 9.29. The van der Waals surface area contributed by atoms with Gasteiger partial charge in [-0.15, -0.1) is 0 Å². The fourth-order valence-corrected chi connectivity index (χ4v) is 3.42. The molecule has 2 heterocycles. The third-order valence-corrected chi connectivity index (χ3v) is 5.15. The first-order valence-electron chi connectivity index (χ1n) is 9.74. The van der Waals surface area contributed by atoms with Gasteiger partial charge in [-0.2, -0.15) is 0 Å². The summed E-state index contributed by atoms with van der Waals surface area (Å²) in [6.45, 7) is 1.94. The highest BCUT2D eigenvalue weighted by atomic mass is 32.1. The minimum atomic E-state index is -0.185. The summed E-state index contributed by atoms with van der Waals surface area (Å²) in [5.74, 6) is 1.15. The van der Waals surface area contributed by atoms with E-state index in [9.17, 15) is 4.79 Å². The third kappa shape index (κ3) is 5.71. The second-order valence-corrected chi connectivity index (χ2v) is 7.25. The zero-order valence-electron chi connectivity index (χ0n) is 17.8. The number of methoxy groups -OCH3 is 3. The molecule has 0 radical (unpaired) electrons. The van der Waals surface area contributed by atoms with Gasteiger partial charge in [0.05, 0.1) is 32.9 Å². The number of fused-ring (bicyclic) bond motifs is 1. The average Bonchev–Trinajstić information content (AvgIpc) is 2.79. The molecule has 0 fully saturated rings. The van der Waals surface area contributed by atoms with Gasteiger partial charge in [0, 0.05) is 49.6 Å².